The molecule has 34 heavy (non-hydrogen) atoms. The number of fused-ring (bicyclic) bond motifs is 1. The molecular weight excluding hydrogens is 468 g/mol. The Bertz CT molecular complexity index is 1310. The molecule has 1 amide bonds. The number of nitrogens with zero attached hydrogens (tertiary/aromatic N) is 4. The second-order valence-corrected chi connectivity index (χ2v) is 9.81. The number of imidazole rings is 1. The maximum atomic E-state index is 12.9. The number of aromatic nitrogens is 2. The topological polar surface area (TPSA) is 50.1 Å². The van der Waals surface area contributed by atoms with E-state index in [0.29, 0.717) is 12.8 Å². The van der Waals surface area contributed by atoms with Gasteiger partial charge in [-0.1, -0.05) is 17.7 Å². The van der Waals surface area contributed by atoms with E-state index in [1.807, 2.05) is 47.4 Å². The number of anilines is 1. The van der Waals surface area contributed by atoms with Crippen LogP contribution in [0.25, 0.3) is 16.2 Å². The zero-order chi connectivity index (χ0) is 23.7. The Morgan fingerprint density at radius 3 is 2.62 bits per heavy atom. The molecule has 5 rings (SSSR count). The maximum Gasteiger partial charge on any atom is 0.223 e. The number of thiazole rings is 1. The molecule has 1 aliphatic rings. The molecule has 6 nitrogen and oxygen atoms in total. The van der Waals surface area contributed by atoms with Crippen LogP contribution in [-0.2, 0) is 11.2 Å². The first kappa shape index (κ1) is 22.7. The van der Waals surface area contributed by atoms with Crippen molar-refractivity contribution in [3.05, 3.63) is 70.3 Å². The van der Waals surface area contributed by atoms with Crippen molar-refractivity contribution < 1.29 is 9.53 Å². The third kappa shape index (κ3) is 4.63. The molecule has 2 aromatic heterocycles. The molecule has 0 atom stereocenters. The number of halogens is 1. The number of methoxy groups -OCH3 is 1. The number of carbonyl (C=O) groups excluding carboxylic acids is 1. The summed E-state index contributed by atoms with van der Waals surface area (Å²) < 4.78 is 7.35. The molecule has 0 spiro atoms. The average molecular weight is 495 g/mol. The van der Waals surface area contributed by atoms with Crippen molar-refractivity contribution >= 4 is 39.5 Å². The van der Waals surface area contributed by atoms with Gasteiger partial charge in [0.25, 0.3) is 0 Å². The van der Waals surface area contributed by atoms with E-state index in [2.05, 4.69) is 27.8 Å². The number of benzene rings is 2. The lowest BCUT2D eigenvalue weighted by Gasteiger charge is -2.37. The number of aryl methyl sites for hydroxylation is 2. The van der Waals surface area contributed by atoms with E-state index in [4.69, 9.17) is 21.3 Å². The van der Waals surface area contributed by atoms with Crippen molar-refractivity contribution in [2.45, 2.75) is 19.8 Å². The predicted molar refractivity (Wildman–Crippen MR) is 138 cm³/mol. The standard InChI is InChI=1S/C26H27ClN4O2S/c1-18-3-6-20(27)15-24(18)29-11-13-30(14-12-29)25(32)10-7-21-17-34-26-28-23(16-31(21)26)19-4-8-22(33-2)9-5-19/h3-6,8-9,15-17H,7,10-14H2,1-2H3. The van der Waals surface area contributed by atoms with Gasteiger partial charge in [0.1, 0.15) is 5.75 Å². The molecule has 1 aliphatic heterocycles. The third-order valence-corrected chi connectivity index (χ3v) is 7.53. The average Bonchev–Trinajstić information content (AvgIpc) is 3.45. The van der Waals surface area contributed by atoms with Gasteiger partial charge in [0.05, 0.1) is 12.8 Å². The normalized spacial score (nSPS) is 14.1. The highest BCUT2D eigenvalue weighted by molar-refractivity contribution is 7.15. The maximum absolute atomic E-state index is 12.9. The fraction of sp³-hybridized carbons (Fsp3) is 0.308. The van der Waals surface area contributed by atoms with E-state index < -0.39 is 0 Å². The number of piperazine rings is 1. The summed E-state index contributed by atoms with van der Waals surface area (Å²) in [7, 11) is 1.66. The van der Waals surface area contributed by atoms with Gasteiger partial charge in [-0.25, -0.2) is 4.98 Å². The first-order valence-electron chi connectivity index (χ1n) is 11.4. The van der Waals surface area contributed by atoms with E-state index >= 15 is 0 Å². The van der Waals surface area contributed by atoms with Gasteiger partial charge in [-0.3, -0.25) is 9.20 Å². The fourth-order valence-electron chi connectivity index (χ4n) is 4.42. The molecule has 3 heterocycles. The molecule has 4 aromatic rings. The minimum Gasteiger partial charge on any atom is -0.497 e. The number of rotatable bonds is 6. The van der Waals surface area contributed by atoms with Gasteiger partial charge in [-0.15, -0.1) is 11.3 Å². The highest BCUT2D eigenvalue weighted by Gasteiger charge is 2.22. The summed E-state index contributed by atoms with van der Waals surface area (Å²) in [6.07, 6.45) is 3.25. The van der Waals surface area contributed by atoms with Gasteiger partial charge < -0.3 is 14.5 Å². The fourth-order valence-corrected chi connectivity index (χ4v) is 5.50. The number of carbonyl (C=O) groups is 1. The second kappa shape index (κ2) is 9.68. The van der Waals surface area contributed by atoms with Crippen LogP contribution in [-0.4, -0.2) is 53.5 Å². The molecule has 1 saturated heterocycles. The van der Waals surface area contributed by atoms with E-state index in [1.165, 1.54) is 5.56 Å². The molecule has 0 N–H and O–H groups in total. The molecule has 1 fully saturated rings. The van der Waals surface area contributed by atoms with Crippen molar-refractivity contribution in [3.8, 4) is 17.0 Å². The zero-order valence-corrected chi connectivity index (χ0v) is 20.9. The van der Waals surface area contributed by atoms with Crippen LogP contribution in [0.3, 0.4) is 0 Å². The van der Waals surface area contributed by atoms with Gasteiger partial charge in [-0.05, 0) is 55.3 Å². The number of ether oxygens (including phenoxy) is 1. The first-order valence-corrected chi connectivity index (χ1v) is 12.7. The molecule has 8 heteroatoms. The summed E-state index contributed by atoms with van der Waals surface area (Å²) in [6.45, 7) is 5.21. The number of hydrogen-bond donors (Lipinski definition) is 0. The van der Waals surface area contributed by atoms with E-state index in [1.54, 1.807) is 18.4 Å². The van der Waals surface area contributed by atoms with Crippen LogP contribution in [0.4, 0.5) is 5.69 Å². The molecule has 0 radical (unpaired) electrons. The summed E-state index contributed by atoms with van der Waals surface area (Å²) >= 11 is 7.80. The van der Waals surface area contributed by atoms with Gasteiger partial charge in [0.2, 0.25) is 5.91 Å². The largest absolute Gasteiger partial charge is 0.497 e. The molecule has 0 unspecified atom stereocenters. The Balaban J connectivity index is 1.20. The van der Waals surface area contributed by atoms with Crippen molar-refractivity contribution in [3.63, 3.8) is 0 Å². The Morgan fingerprint density at radius 2 is 1.88 bits per heavy atom. The Kier molecular flexibility index (Phi) is 6.48. The highest BCUT2D eigenvalue weighted by atomic mass is 35.5. The van der Waals surface area contributed by atoms with Crippen LogP contribution in [0.1, 0.15) is 17.7 Å². The lowest BCUT2D eigenvalue weighted by atomic mass is 10.1. The summed E-state index contributed by atoms with van der Waals surface area (Å²) in [4.78, 5) is 22.9. The monoisotopic (exact) mass is 494 g/mol. The summed E-state index contributed by atoms with van der Waals surface area (Å²) in [5.74, 6) is 1.03. The van der Waals surface area contributed by atoms with Crippen LogP contribution in [0, 0.1) is 6.92 Å². The summed E-state index contributed by atoms with van der Waals surface area (Å²) in [5.41, 5.74) is 5.46. The van der Waals surface area contributed by atoms with Gasteiger partial charge in [0.15, 0.2) is 4.96 Å². The van der Waals surface area contributed by atoms with Crippen LogP contribution >= 0.6 is 22.9 Å². The summed E-state index contributed by atoms with van der Waals surface area (Å²) in [6, 6.07) is 13.9. The summed E-state index contributed by atoms with van der Waals surface area (Å²) in [5, 5.41) is 2.85. The molecule has 176 valence electrons. The van der Waals surface area contributed by atoms with Crippen LogP contribution in [0.5, 0.6) is 5.75 Å². The lowest BCUT2D eigenvalue weighted by Crippen LogP contribution is -2.49. The minimum absolute atomic E-state index is 0.206. The van der Waals surface area contributed by atoms with Crippen LogP contribution in [0.15, 0.2) is 54.0 Å². The zero-order valence-electron chi connectivity index (χ0n) is 19.3. The van der Waals surface area contributed by atoms with Crippen molar-refractivity contribution in [1.82, 2.24) is 14.3 Å². The lowest BCUT2D eigenvalue weighted by molar-refractivity contribution is -0.131. The Labute approximate surface area is 208 Å². The van der Waals surface area contributed by atoms with Gasteiger partial charge in [-0.2, -0.15) is 0 Å². The highest BCUT2D eigenvalue weighted by Crippen LogP contribution is 2.27. The smallest absolute Gasteiger partial charge is 0.223 e. The number of hydrogen-bond acceptors (Lipinski definition) is 5. The second-order valence-electron chi connectivity index (χ2n) is 8.53. The Morgan fingerprint density at radius 1 is 1.12 bits per heavy atom. The minimum atomic E-state index is 0.206. The van der Waals surface area contributed by atoms with Gasteiger partial charge >= 0.3 is 0 Å². The van der Waals surface area contributed by atoms with Crippen molar-refractivity contribution in [1.29, 1.82) is 0 Å². The number of amides is 1. The molecule has 0 saturated carbocycles. The molecule has 0 aliphatic carbocycles. The van der Waals surface area contributed by atoms with Crippen LogP contribution in [0.2, 0.25) is 5.02 Å². The van der Waals surface area contributed by atoms with Crippen molar-refractivity contribution in [2.75, 3.05) is 38.2 Å². The first-order chi connectivity index (χ1) is 16.5. The Hall–Kier alpha value is -3.03. The van der Waals surface area contributed by atoms with Gasteiger partial charge in [0, 0.05) is 66.1 Å². The predicted octanol–water partition coefficient (Wildman–Crippen LogP) is 5.31. The van der Waals surface area contributed by atoms with E-state index in [-0.39, 0.29) is 5.91 Å². The quantitative estimate of drug-likeness (QED) is 0.364. The molecule has 2 aromatic carbocycles. The third-order valence-electron chi connectivity index (χ3n) is 6.41. The molecular formula is C26H27ClN4O2S. The van der Waals surface area contributed by atoms with E-state index in [0.717, 1.165) is 64.6 Å². The SMILES string of the molecule is COc1ccc(-c2cn3c(CCC(=O)N4CCN(c5cc(Cl)ccc5C)CC4)csc3n2)cc1. The van der Waals surface area contributed by atoms with E-state index in [9.17, 15) is 4.79 Å². The van der Waals surface area contributed by atoms with Crippen LogP contribution < -0.4 is 9.64 Å². The van der Waals surface area contributed by atoms with Crippen molar-refractivity contribution in [2.24, 2.45) is 0 Å². The molecule has 0 bridgehead atoms.